The molecule has 1 heterocycles. The molecule has 0 saturated heterocycles. The molecule has 3 aromatic rings. The summed E-state index contributed by atoms with van der Waals surface area (Å²) in [5.41, 5.74) is 1.82. The van der Waals surface area contributed by atoms with Gasteiger partial charge < -0.3 is 10.1 Å². The first-order valence-corrected chi connectivity index (χ1v) is 9.51. The number of ether oxygens (including phenoxy) is 1. The number of hydrogen-bond acceptors (Lipinski definition) is 7. The van der Waals surface area contributed by atoms with Crippen molar-refractivity contribution in [3.63, 3.8) is 0 Å². The minimum atomic E-state index is -3.35. The lowest BCUT2D eigenvalue weighted by Gasteiger charge is -2.10. The first kappa shape index (κ1) is 17.6. The molecule has 1 aromatic heterocycles. The molecular formula is C17H17N5O3S. The van der Waals surface area contributed by atoms with Crippen LogP contribution in [0.4, 0.5) is 17.3 Å². The minimum absolute atomic E-state index is 0.331. The van der Waals surface area contributed by atoms with Crippen molar-refractivity contribution < 1.29 is 13.2 Å². The molecule has 0 aliphatic heterocycles. The largest absolute Gasteiger partial charge is 0.496 e. The van der Waals surface area contributed by atoms with Crippen LogP contribution in [-0.2, 0) is 10.0 Å². The second kappa shape index (κ2) is 7.36. The molecule has 134 valence electrons. The zero-order chi connectivity index (χ0) is 18.6. The molecule has 0 saturated carbocycles. The van der Waals surface area contributed by atoms with Crippen molar-refractivity contribution in [3.05, 3.63) is 54.9 Å². The highest BCUT2D eigenvalue weighted by atomic mass is 32.2. The van der Waals surface area contributed by atoms with Gasteiger partial charge in [0.1, 0.15) is 12.1 Å². The van der Waals surface area contributed by atoms with Crippen LogP contribution >= 0.6 is 0 Å². The molecule has 0 atom stereocenters. The Labute approximate surface area is 151 Å². The van der Waals surface area contributed by atoms with Crippen LogP contribution in [0.3, 0.4) is 0 Å². The van der Waals surface area contributed by atoms with Crippen LogP contribution in [-0.4, -0.2) is 36.7 Å². The first-order valence-electron chi connectivity index (χ1n) is 7.62. The van der Waals surface area contributed by atoms with Crippen molar-refractivity contribution in [2.24, 2.45) is 0 Å². The summed E-state index contributed by atoms with van der Waals surface area (Å²) >= 11 is 0. The predicted molar refractivity (Wildman–Crippen MR) is 100 cm³/mol. The number of nitrogens with zero attached hydrogens (tertiary/aromatic N) is 3. The fourth-order valence-corrected chi connectivity index (χ4v) is 2.87. The summed E-state index contributed by atoms with van der Waals surface area (Å²) in [4.78, 5) is 12.7. The minimum Gasteiger partial charge on any atom is -0.496 e. The van der Waals surface area contributed by atoms with E-state index >= 15 is 0 Å². The lowest BCUT2D eigenvalue weighted by atomic mass is 10.2. The monoisotopic (exact) mass is 371 g/mol. The van der Waals surface area contributed by atoms with Crippen molar-refractivity contribution in [2.45, 2.75) is 0 Å². The van der Waals surface area contributed by atoms with E-state index in [1.54, 1.807) is 31.4 Å². The highest BCUT2D eigenvalue weighted by Crippen LogP contribution is 2.27. The van der Waals surface area contributed by atoms with E-state index in [1.807, 2.05) is 24.3 Å². The van der Waals surface area contributed by atoms with Crippen molar-refractivity contribution >= 4 is 27.3 Å². The molecule has 0 unspecified atom stereocenters. The van der Waals surface area contributed by atoms with E-state index in [0.717, 1.165) is 11.8 Å². The Kier molecular flexibility index (Phi) is 4.99. The van der Waals surface area contributed by atoms with E-state index in [2.05, 4.69) is 25.0 Å². The quantitative estimate of drug-likeness (QED) is 0.686. The van der Waals surface area contributed by atoms with Crippen molar-refractivity contribution in [2.75, 3.05) is 23.4 Å². The molecule has 0 spiro atoms. The van der Waals surface area contributed by atoms with Gasteiger partial charge in [-0.2, -0.15) is 4.98 Å². The SMILES string of the molecule is COc1ccccc1-c1ncnc(Nc2cccc(NS(C)(=O)=O)c2)n1. The summed E-state index contributed by atoms with van der Waals surface area (Å²) in [6.07, 6.45) is 2.49. The number of hydrogen-bond donors (Lipinski definition) is 2. The molecular weight excluding hydrogens is 354 g/mol. The molecule has 0 fully saturated rings. The smallest absolute Gasteiger partial charge is 0.230 e. The Morgan fingerprint density at radius 2 is 1.77 bits per heavy atom. The Morgan fingerprint density at radius 3 is 2.54 bits per heavy atom. The molecule has 0 radical (unpaired) electrons. The molecule has 3 rings (SSSR count). The van der Waals surface area contributed by atoms with Crippen molar-refractivity contribution in [1.29, 1.82) is 0 Å². The summed E-state index contributed by atoms with van der Waals surface area (Å²) in [6.45, 7) is 0. The Bertz CT molecular complexity index is 1020. The molecule has 0 bridgehead atoms. The maximum Gasteiger partial charge on any atom is 0.230 e. The third-order valence-corrected chi connectivity index (χ3v) is 3.95. The third kappa shape index (κ3) is 4.45. The van der Waals surface area contributed by atoms with Crippen molar-refractivity contribution in [1.82, 2.24) is 15.0 Å². The standard InChI is InChI=1S/C17H17N5O3S/c1-25-15-9-4-3-8-14(15)16-18-11-19-17(21-16)20-12-6-5-7-13(10-12)22-26(2,23)24/h3-11,22H,1-2H3,(H,18,19,20,21). The average molecular weight is 371 g/mol. The maximum atomic E-state index is 11.4. The lowest BCUT2D eigenvalue weighted by molar-refractivity contribution is 0.416. The van der Waals surface area contributed by atoms with Gasteiger partial charge in [-0.05, 0) is 30.3 Å². The van der Waals surface area contributed by atoms with E-state index in [1.165, 1.54) is 6.33 Å². The van der Waals surface area contributed by atoms with Crippen LogP contribution in [0.5, 0.6) is 5.75 Å². The second-order valence-electron chi connectivity index (χ2n) is 5.41. The van der Waals surface area contributed by atoms with Crippen LogP contribution in [0, 0.1) is 0 Å². The molecule has 2 aromatic carbocycles. The summed E-state index contributed by atoms with van der Waals surface area (Å²) in [6, 6.07) is 14.2. The number of anilines is 3. The van der Waals surface area contributed by atoms with E-state index in [0.29, 0.717) is 28.9 Å². The summed E-state index contributed by atoms with van der Waals surface area (Å²) in [7, 11) is -1.77. The predicted octanol–water partition coefficient (Wildman–Crippen LogP) is 2.66. The fourth-order valence-electron chi connectivity index (χ4n) is 2.32. The zero-order valence-corrected chi connectivity index (χ0v) is 15.0. The van der Waals surface area contributed by atoms with Gasteiger partial charge in [0.25, 0.3) is 0 Å². The zero-order valence-electron chi connectivity index (χ0n) is 14.2. The molecule has 26 heavy (non-hydrogen) atoms. The molecule has 0 aliphatic carbocycles. The Balaban J connectivity index is 1.87. The number of sulfonamides is 1. The van der Waals surface area contributed by atoms with E-state index in [9.17, 15) is 8.42 Å². The topological polar surface area (TPSA) is 106 Å². The molecule has 0 aliphatic rings. The van der Waals surface area contributed by atoms with Crippen LogP contribution in [0.25, 0.3) is 11.4 Å². The number of rotatable bonds is 6. The first-order chi connectivity index (χ1) is 12.4. The summed E-state index contributed by atoms with van der Waals surface area (Å²) in [5, 5.41) is 3.04. The van der Waals surface area contributed by atoms with Gasteiger partial charge in [0, 0.05) is 5.69 Å². The van der Waals surface area contributed by atoms with Crippen LogP contribution in [0.15, 0.2) is 54.9 Å². The van der Waals surface area contributed by atoms with Crippen LogP contribution in [0.2, 0.25) is 0 Å². The highest BCUT2D eigenvalue weighted by molar-refractivity contribution is 7.92. The highest BCUT2D eigenvalue weighted by Gasteiger charge is 2.10. The summed E-state index contributed by atoms with van der Waals surface area (Å²) < 4.78 is 30.5. The normalized spacial score (nSPS) is 11.0. The number of methoxy groups -OCH3 is 1. The summed E-state index contributed by atoms with van der Waals surface area (Å²) in [5.74, 6) is 1.45. The third-order valence-electron chi connectivity index (χ3n) is 3.34. The van der Waals surface area contributed by atoms with Gasteiger partial charge in [-0.1, -0.05) is 18.2 Å². The van der Waals surface area contributed by atoms with Crippen LogP contribution < -0.4 is 14.8 Å². The van der Waals surface area contributed by atoms with Gasteiger partial charge in [0.2, 0.25) is 16.0 Å². The number of aromatic nitrogens is 3. The molecule has 0 amide bonds. The Hall–Kier alpha value is -3.20. The van der Waals surface area contributed by atoms with Gasteiger partial charge in [0.05, 0.1) is 24.6 Å². The molecule has 9 heteroatoms. The van der Waals surface area contributed by atoms with Gasteiger partial charge in [-0.15, -0.1) is 0 Å². The molecule has 8 nitrogen and oxygen atoms in total. The van der Waals surface area contributed by atoms with Crippen molar-refractivity contribution in [3.8, 4) is 17.1 Å². The Morgan fingerprint density at radius 1 is 1.00 bits per heavy atom. The van der Waals surface area contributed by atoms with Gasteiger partial charge in [-0.3, -0.25) is 4.72 Å². The average Bonchev–Trinajstić information content (AvgIpc) is 2.61. The van der Waals surface area contributed by atoms with E-state index < -0.39 is 10.0 Å². The number of para-hydroxylation sites is 1. The van der Waals surface area contributed by atoms with Gasteiger partial charge in [0.15, 0.2) is 5.82 Å². The van der Waals surface area contributed by atoms with Crippen LogP contribution in [0.1, 0.15) is 0 Å². The second-order valence-corrected chi connectivity index (χ2v) is 7.16. The lowest BCUT2D eigenvalue weighted by Crippen LogP contribution is -2.09. The molecule has 2 N–H and O–H groups in total. The number of benzene rings is 2. The number of nitrogens with one attached hydrogen (secondary N) is 2. The van der Waals surface area contributed by atoms with Gasteiger partial charge >= 0.3 is 0 Å². The van der Waals surface area contributed by atoms with E-state index in [-0.39, 0.29) is 0 Å². The van der Waals surface area contributed by atoms with E-state index in [4.69, 9.17) is 4.74 Å². The maximum absolute atomic E-state index is 11.4. The fraction of sp³-hybridized carbons (Fsp3) is 0.118. The van der Waals surface area contributed by atoms with Gasteiger partial charge in [-0.25, -0.2) is 18.4 Å².